The largest absolute Gasteiger partial charge is 0.360 e. The van der Waals surface area contributed by atoms with Gasteiger partial charge in [0.15, 0.2) is 5.76 Å². The molecule has 0 aliphatic rings. The Balaban J connectivity index is 2.88. The van der Waals surface area contributed by atoms with Gasteiger partial charge in [0.1, 0.15) is 10.6 Å². The summed E-state index contributed by atoms with van der Waals surface area (Å²) in [5, 5.41) is 6.27. The average molecular weight is 318 g/mol. The molecule has 0 bridgehead atoms. The Morgan fingerprint density at radius 2 is 2.00 bits per heavy atom. The summed E-state index contributed by atoms with van der Waals surface area (Å²) < 4.78 is 31.7. The Kier molecular flexibility index (Phi) is 5.13. The lowest BCUT2D eigenvalue weighted by atomic mass is 10.1. The van der Waals surface area contributed by atoms with Crippen molar-refractivity contribution >= 4 is 15.9 Å². The average Bonchev–Trinajstić information content (AvgIpc) is 2.68. The second-order valence-corrected chi connectivity index (χ2v) is 7.22. The van der Waals surface area contributed by atoms with Crippen LogP contribution in [0.2, 0.25) is 0 Å². The number of sulfonamides is 1. The van der Waals surface area contributed by atoms with Gasteiger partial charge in [0.05, 0.1) is 6.04 Å². The van der Waals surface area contributed by atoms with Crippen molar-refractivity contribution in [1.82, 2.24) is 15.2 Å². The number of carbonyl (C=O) groups is 1. The van der Waals surface area contributed by atoms with Crippen LogP contribution < -0.4 is 15.8 Å². The van der Waals surface area contributed by atoms with E-state index in [2.05, 4.69) is 15.2 Å². The highest BCUT2D eigenvalue weighted by atomic mass is 32.2. The summed E-state index contributed by atoms with van der Waals surface area (Å²) in [6.07, 6.45) is 0. The predicted octanol–water partition coefficient (Wildman–Crippen LogP) is -0.188. The van der Waals surface area contributed by atoms with Crippen molar-refractivity contribution < 1.29 is 17.7 Å². The molecule has 0 saturated heterocycles. The third kappa shape index (κ3) is 4.26. The zero-order valence-electron chi connectivity index (χ0n) is 12.9. The van der Waals surface area contributed by atoms with Crippen LogP contribution in [0, 0.1) is 13.8 Å². The number of aromatic nitrogens is 1. The van der Waals surface area contributed by atoms with Crippen molar-refractivity contribution in [3.8, 4) is 0 Å². The van der Waals surface area contributed by atoms with Gasteiger partial charge in [0.25, 0.3) is 0 Å². The molecule has 1 heterocycles. The lowest BCUT2D eigenvalue weighted by Gasteiger charge is -2.26. The Hall–Kier alpha value is -1.45. The van der Waals surface area contributed by atoms with Gasteiger partial charge in [-0.05, 0) is 34.6 Å². The first-order chi connectivity index (χ1) is 9.50. The van der Waals surface area contributed by atoms with Gasteiger partial charge >= 0.3 is 0 Å². The minimum Gasteiger partial charge on any atom is -0.360 e. The monoisotopic (exact) mass is 318 g/mol. The van der Waals surface area contributed by atoms with Gasteiger partial charge in [-0.1, -0.05) is 5.16 Å². The van der Waals surface area contributed by atoms with E-state index in [4.69, 9.17) is 10.3 Å². The molecule has 0 saturated carbocycles. The molecule has 0 spiro atoms. The first kappa shape index (κ1) is 17.6. The number of nitrogens with one attached hydrogen (secondary N) is 2. The van der Waals surface area contributed by atoms with Gasteiger partial charge in [0, 0.05) is 12.1 Å². The Labute approximate surface area is 124 Å². The molecular weight excluding hydrogens is 296 g/mol. The fourth-order valence-electron chi connectivity index (χ4n) is 1.70. The van der Waals surface area contributed by atoms with Crippen molar-refractivity contribution in [2.45, 2.75) is 51.1 Å². The van der Waals surface area contributed by atoms with Crippen molar-refractivity contribution in [3.63, 3.8) is 0 Å². The molecule has 1 rings (SSSR count). The van der Waals surface area contributed by atoms with Crippen molar-refractivity contribution in [3.05, 3.63) is 11.5 Å². The molecule has 0 fully saturated rings. The molecular formula is C12H22N4O4S. The van der Waals surface area contributed by atoms with E-state index in [0.717, 1.165) is 0 Å². The maximum atomic E-state index is 12.3. The van der Waals surface area contributed by atoms with Crippen molar-refractivity contribution in [1.29, 1.82) is 0 Å². The molecule has 0 aliphatic carbocycles. The number of carbonyl (C=O) groups excluding carboxylic acids is 1. The molecule has 1 atom stereocenters. The number of hydrogen-bond acceptors (Lipinski definition) is 6. The highest BCUT2D eigenvalue weighted by molar-refractivity contribution is 7.89. The van der Waals surface area contributed by atoms with E-state index in [1.807, 2.05) is 0 Å². The summed E-state index contributed by atoms with van der Waals surface area (Å²) in [6.45, 7) is 8.21. The molecule has 0 aromatic carbocycles. The van der Waals surface area contributed by atoms with Crippen LogP contribution in [0.3, 0.4) is 0 Å². The summed E-state index contributed by atoms with van der Waals surface area (Å²) >= 11 is 0. The summed E-state index contributed by atoms with van der Waals surface area (Å²) in [7, 11) is -3.88. The second-order valence-electron chi connectivity index (χ2n) is 5.57. The number of aryl methyl sites for hydroxylation is 2. The number of amides is 1. The van der Waals surface area contributed by atoms with Gasteiger partial charge in [-0.2, -0.15) is 4.72 Å². The molecule has 1 aromatic heterocycles. The summed E-state index contributed by atoms with van der Waals surface area (Å²) in [5.41, 5.74) is 5.16. The first-order valence-electron chi connectivity index (χ1n) is 6.47. The zero-order valence-corrected chi connectivity index (χ0v) is 13.7. The van der Waals surface area contributed by atoms with Crippen LogP contribution in [0.25, 0.3) is 0 Å². The normalized spacial score (nSPS) is 14.0. The standard InChI is InChI=1S/C12H22N4O4S/c1-7-10(9(3)20-15-7)21(18,19)16-8(2)11(17)14-12(4,5)6-13/h8,16H,6,13H2,1-5H3,(H,14,17). The maximum absolute atomic E-state index is 12.3. The molecule has 9 heteroatoms. The van der Waals surface area contributed by atoms with Crippen LogP contribution in [0.4, 0.5) is 0 Å². The van der Waals surface area contributed by atoms with Crippen LogP contribution in [-0.2, 0) is 14.8 Å². The fraction of sp³-hybridized carbons (Fsp3) is 0.667. The Morgan fingerprint density at radius 3 is 2.43 bits per heavy atom. The van der Waals surface area contributed by atoms with E-state index < -0.39 is 27.5 Å². The van der Waals surface area contributed by atoms with E-state index in [9.17, 15) is 13.2 Å². The van der Waals surface area contributed by atoms with Crippen LogP contribution >= 0.6 is 0 Å². The molecule has 120 valence electrons. The molecule has 21 heavy (non-hydrogen) atoms. The quantitative estimate of drug-likeness (QED) is 0.667. The molecule has 1 unspecified atom stereocenters. The molecule has 0 aliphatic heterocycles. The van der Waals surface area contributed by atoms with E-state index in [0.29, 0.717) is 0 Å². The summed E-state index contributed by atoms with van der Waals surface area (Å²) in [5.74, 6) is -0.282. The molecule has 0 radical (unpaired) electrons. The highest BCUT2D eigenvalue weighted by Gasteiger charge is 2.29. The summed E-state index contributed by atoms with van der Waals surface area (Å²) in [6, 6.07) is -0.950. The smallest absolute Gasteiger partial charge is 0.246 e. The molecule has 1 aromatic rings. The van der Waals surface area contributed by atoms with Gasteiger partial charge in [0.2, 0.25) is 15.9 Å². The minimum absolute atomic E-state index is 0.0414. The van der Waals surface area contributed by atoms with E-state index in [1.54, 1.807) is 13.8 Å². The van der Waals surface area contributed by atoms with Gasteiger partial charge < -0.3 is 15.6 Å². The van der Waals surface area contributed by atoms with E-state index in [1.165, 1.54) is 20.8 Å². The fourth-order valence-corrected chi connectivity index (χ4v) is 3.23. The van der Waals surface area contributed by atoms with Gasteiger partial charge in [-0.25, -0.2) is 8.42 Å². The highest BCUT2D eigenvalue weighted by Crippen LogP contribution is 2.18. The predicted molar refractivity (Wildman–Crippen MR) is 77.0 cm³/mol. The third-order valence-electron chi connectivity index (χ3n) is 2.93. The lowest BCUT2D eigenvalue weighted by molar-refractivity contribution is -0.123. The number of hydrogen-bond donors (Lipinski definition) is 3. The lowest BCUT2D eigenvalue weighted by Crippen LogP contribution is -2.54. The Bertz CT molecular complexity index is 602. The zero-order chi connectivity index (χ0) is 16.4. The second kappa shape index (κ2) is 6.12. The molecule has 1 amide bonds. The van der Waals surface area contributed by atoms with Crippen LogP contribution in [0.5, 0.6) is 0 Å². The number of nitrogens with zero attached hydrogens (tertiary/aromatic N) is 1. The minimum atomic E-state index is -3.88. The van der Waals surface area contributed by atoms with Crippen molar-refractivity contribution in [2.24, 2.45) is 5.73 Å². The van der Waals surface area contributed by atoms with E-state index in [-0.39, 0.29) is 22.9 Å². The first-order valence-corrected chi connectivity index (χ1v) is 7.96. The SMILES string of the molecule is Cc1noc(C)c1S(=O)(=O)NC(C)C(=O)NC(C)(C)CN. The van der Waals surface area contributed by atoms with Crippen molar-refractivity contribution in [2.75, 3.05) is 6.54 Å². The summed E-state index contributed by atoms with van der Waals surface area (Å²) in [4.78, 5) is 12.0. The van der Waals surface area contributed by atoms with Crippen LogP contribution in [0.1, 0.15) is 32.2 Å². The number of nitrogens with two attached hydrogens (primary N) is 1. The van der Waals surface area contributed by atoms with Crippen LogP contribution in [-0.4, -0.2) is 37.6 Å². The molecule has 8 nitrogen and oxygen atoms in total. The van der Waals surface area contributed by atoms with E-state index >= 15 is 0 Å². The van der Waals surface area contributed by atoms with Gasteiger partial charge in [-0.15, -0.1) is 0 Å². The number of rotatable bonds is 6. The Morgan fingerprint density at radius 1 is 1.43 bits per heavy atom. The third-order valence-corrected chi connectivity index (χ3v) is 4.72. The maximum Gasteiger partial charge on any atom is 0.246 e. The topological polar surface area (TPSA) is 127 Å². The van der Waals surface area contributed by atoms with Gasteiger partial charge in [-0.3, -0.25) is 4.79 Å². The molecule has 4 N–H and O–H groups in total. The van der Waals surface area contributed by atoms with Crippen LogP contribution in [0.15, 0.2) is 9.42 Å².